The first kappa shape index (κ1) is 17.7. The van der Waals surface area contributed by atoms with Gasteiger partial charge in [0.15, 0.2) is 5.43 Å². The van der Waals surface area contributed by atoms with E-state index in [0.29, 0.717) is 28.1 Å². The van der Waals surface area contributed by atoms with Crippen LogP contribution in [0, 0.1) is 13.8 Å². The fourth-order valence-electron chi connectivity index (χ4n) is 3.16. The van der Waals surface area contributed by atoms with Crippen LogP contribution in [-0.4, -0.2) is 10.9 Å². The Balaban J connectivity index is 1.65. The van der Waals surface area contributed by atoms with Crippen LogP contribution in [0.2, 0.25) is 0 Å². The Bertz CT molecular complexity index is 1230. The van der Waals surface area contributed by atoms with E-state index >= 15 is 0 Å². The third-order valence-electron chi connectivity index (χ3n) is 4.50. The molecule has 2 aromatic heterocycles. The molecule has 5 heteroatoms. The second kappa shape index (κ2) is 7.12. The number of amides is 1. The number of pyridine rings is 1. The summed E-state index contributed by atoms with van der Waals surface area (Å²) in [4.78, 5) is 28.9. The number of aromatic nitrogens is 1. The molecule has 0 spiro atoms. The highest BCUT2D eigenvalue weighted by atomic mass is 16.3. The zero-order valence-corrected chi connectivity index (χ0v) is 15.5. The standard InChI is InChI=1S/C23H18N2O3/c1-14-11-15(2)22-18(12-14)19(26)13-20(28-22)16-6-8-17(9-7-16)23(27)25-21-5-3-4-10-24-21/h3-13H,1-2H3,(H,24,25,27). The summed E-state index contributed by atoms with van der Waals surface area (Å²) < 4.78 is 6.00. The Morgan fingerprint density at radius 3 is 2.50 bits per heavy atom. The third-order valence-corrected chi connectivity index (χ3v) is 4.50. The molecule has 0 saturated carbocycles. The number of rotatable bonds is 3. The summed E-state index contributed by atoms with van der Waals surface area (Å²) in [6, 6.07) is 17.5. The van der Waals surface area contributed by atoms with Crippen LogP contribution in [0.1, 0.15) is 21.5 Å². The van der Waals surface area contributed by atoms with E-state index in [-0.39, 0.29) is 11.3 Å². The van der Waals surface area contributed by atoms with Crippen molar-refractivity contribution in [3.8, 4) is 11.3 Å². The van der Waals surface area contributed by atoms with E-state index < -0.39 is 0 Å². The fraction of sp³-hybridized carbons (Fsp3) is 0.0870. The molecule has 0 aliphatic rings. The van der Waals surface area contributed by atoms with Crippen molar-refractivity contribution in [3.63, 3.8) is 0 Å². The summed E-state index contributed by atoms with van der Waals surface area (Å²) in [5, 5.41) is 3.32. The molecule has 2 heterocycles. The number of aryl methyl sites for hydroxylation is 2. The Kier molecular flexibility index (Phi) is 4.49. The second-order valence-corrected chi connectivity index (χ2v) is 6.68. The van der Waals surface area contributed by atoms with Gasteiger partial charge in [0.2, 0.25) is 0 Å². The number of carbonyl (C=O) groups excluding carboxylic acids is 1. The molecular formula is C23H18N2O3. The van der Waals surface area contributed by atoms with E-state index in [4.69, 9.17) is 4.42 Å². The first-order valence-electron chi connectivity index (χ1n) is 8.89. The highest BCUT2D eigenvalue weighted by Gasteiger charge is 2.11. The molecule has 0 bridgehead atoms. The van der Waals surface area contributed by atoms with Crippen LogP contribution in [0.4, 0.5) is 5.82 Å². The Labute approximate surface area is 161 Å². The monoisotopic (exact) mass is 370 g/mol. The number of nitrogens with zero attached hydrogens (tertiary/aromatic N) is 1. The number of hydrogen-bond donors (Lipinski definition) is 1. The fourth-order valence-corrected chi connectivity index (χ4v) is 3.16. The van der Waals surface area contributed by atoms with Gasteiger partial charge in [-0.1, -0.05) is 24.3 Å². The van der Waals surface area contributed by atoms with Crippen LogP contribution in [0.15, 0.2) is 76.1 Å². The molecule has 0 atom stereocenters. The van der Waals surface area contributed by atoms with Crippen LogP contribution in [0.3, 0.4) is 0 Å². The maximum Gasteiger partial charge on any atom is 0.256 e. The molecule has 0 radical (unpaired) electrons. The maximum atomic E-state index is 12.5. The minimum Gasteiger partial charge on any atom is -0.456 e. The molecule has 28 heavy (non-hydrogen) atoms. The van der Waals surface area contributed by atoms with Gasteiger partial charge in [-0.3, -0.25) is 9.59 Å². The van der Waals surface area contributed by atoms with Crippen LogP contribution >= 0.6 is 0 Å². The number of carbonyl (C=O) groups is 1. The summed E-state index contributed by atoms with van der Waals surface area (Å²) in [5.41, 5.74) is 3.66. The second-order valence-electron chi connectivity index (χ2n) is 6.68. The molecule has 0 fully saturated rings. The molecule has 2 aromatic carbocycles. The van der Waals surface area contributed by atoms with Gasteiger partial charge in [-0.15, -0.1) is 0 Å². The van der Waals surface area contributed by atoms with Gasteiger partial charge in [0.1, 0.15) is 17.2 Å². The molecule has 4 aromatic rings. The lowest BCUT2D eigenvalue weighted by Crippen LogP contribution is -2.12. The average Bonchev–Trinajstić information content (AvgIpc) is 2.69. The van der Waals surface area contributed by atoms with Crippen LogP contribution < -0.4 is 10.7 Å². The largest absolute Gasteiger partial charge is 0.456 e. The van der Waals surface area contributed by atoms with Gasteiger partial charge < -0.3 is 9.73 Å². The van der Waals surface area contributed by atoms with Crippen LogP contribution in [-0.2, 0) is 0 Å². The summed E-state index contributed by atoms with van der Waals surface area (Å²) in [6.07, 6.45) is 1.62. The molecule has 4 rings (SSSR count). The van der Waals surface area contributed by atoms with E-state index in [9.17, 15) is 9.59 Å². The first-order chi connectivity index (χ1) is 13.5. The van der Waals surface area contributed by atoms with Gasteiger partial charge in [0.05, 0.1) is 5.39 Å². The summed E-state index contributed by atoms with van der Waals surface area (Å²) in [6.45, 7) is 3.88. The smallest absolute Gasteiger partial charge is 0.256 e. The molecule has 1 N–H and O–H groups in total. The van der Waals surface area contributed by atoms with Gasteiger partial charge in [0, 0.05) is 23.4 Å². The van der Waals surface area contributed by atoms with Crippen molar-refractivity contribution in [2.24, 2.45) is 0 Å². The van der Waals surface area contributed by atoms with Crippen molar-refractivity contribution in [1.29, 1.82) is 0 Å². The molecule has 0 aliphatic carbocycles. The minimum absolute atomic E-state index is 0.0833. The number of fused-ring (bicyclic) bond motifs is 1. The third kappa shape index (κ3) is 3.42. The number of hydrogen-bond acceptors (Lipinski definition) is 4. The topological polar surface area (TPSA) is 72.2 Å². The lowest BCUT2D eigenvalue weighted by Gasteiger charge is -2.08. The van der Waals surface area contributed by atoms with Crippen molar-refractivity contribution >= 4 is 22.7 Å². The Morgan fingerprint density at radius 1 is 1.00 bits per heavy atom. The van der Waals surface area contributed by atoms with Crippen molar-refractivity contribution < 1.29 is 9.21 Å². The van der Waals surface area contributed by atoms with Crippen LogP contribution in [0.5, 0.6) is 0 Å². The molecule has 1 amide bonds. The summed E-state index contributed by atoms with van der Waals surface area (Å²) >= 11 is 0. The molecule has 0 unspecified atom stereocenters. The zero-order chi connectivity index (χ0) is 19.7. The van der Waals surface area contributed by atoms with E-state index in [2.05, 4.69) is 10.3 Å². The predicted molar refractivity (Wildman–Crippen MR) is 110 cm³/mol. The lowest BCUT2D eigenvalue weighted by molar-refractivity contribution is 0.102. The number of nitrogens with one attached hydrogen (secondary N) is 1. The maximum absolute atomic E-state index is 12.5. The van der Waals surface area contributed by atoms with Gasteiger partial charge in [-0.2, -0.15) is 0 Å². The molecule has 138 valence electrons. The highest BCUT2D eigenvalue weighted by Crippen LogP contribution is 2.25. The van der Waals surface area contributed by atoms with Crippen molar-refractivity contribution in [2.75, 3.05) is 5.32 Å². The van der Waals surface area contributed by atoms with Gasteiger partial charge in [-0.25, -0.2) is 4.98 Å². The van der Waals surface area contributed by atoms with Crippen molar-refractivity contribution in [2.45, 2.75) is 13.8 Å². The van der Waals surface area contributed by atoms with E-state index in [1.54, 1.807) is 48.7 Å². The molecule has 0 aliphatic heterocycles. The normalized spacial score (nSPS) is 10.8. The van der Waals surface area contributed by atoms with Gasteiger partial charge in [0.25, 0.3) is 5.91 Å². The lowest BCUT2D eigenvalue weighted by atomic mass is 10.1. The van der Waals surface area contributed by atoms with E-state index in [1.807, 2.05) is 26.0 Å². The van der Waals surface area contributed by atoms with Crippen LogP contribution in [0.25, 0.3) is 22.3 Å². The number of benzene rings is 2. The van der Waals surface area contributed by atoms with Gasteiger partial charge in [-0.05, 0) is 55.3 Å². The SMILES string of the molecule is Cc1cc(C)c2oc(-c3ccc(C(=O)Nc4ccccn4)cc3)cc(=O)c2c1. The highest BCUT2D eigenvalue weighted by molar-refractivity contribution is 6.04. The quantitative estimate of drug-likeness (QED) is 0.566. The Morgan fingerprint density at radius 2 is 1.79 bits per heavy atom. The summed E-state index contributed by atoms with van der Waals surface area (Å²) in [5.74, 6) is 0.709. The number of anilines is 1. The zero-order valence-electron chi connectivity index (χ0n) is 15.5. The molecule has 5 nitrogen and oxygen atoms in total. The summed E-state index contributed by atoms with van der Waals surface area (Å²) in [7, 11) is 0. The van der Waals surface area contributed by atoms with Crippen molar-refractivity contribution in [3.05, 3.63) is 93.8 Å². The van der Waals surface area contributed by atoms with Gasteiger partial charge >= 0.3 is 0 Å². The van der Waals surface area contributed by atoms with E-state index in [1.165, 1.54) is 6.07 Å². The Hall–Kier alpha value is -3.73. The van der Waals surface area contributed by atoms with Crippen molar-refractivity contribution in [1.82, 2.24) is 4.98 Å². The van der Waals surface area contributed by atoms with E-state index in [0.717, 1.165) is 16.7 Å². The average molecular weight is 370 g/mol. The predicted octanol–water partition coefficient (Wildman–Crippen LogP) is 4.72. The first-order valence-corrected chi connectivity index (χ1v) is 8.89. The molecule has 0 saturated heterocycles. The molecular weight excluding hydrogens is 352 g/mol. The minimum atomic E-state index is -0.253.